The zero-order valence-corrected chi connectivity index (χ0v) is 11.0. The molecular formula is C16H17NO3. The van der Waals surface area contributed by atoms with E-state index in [1.165, 1.54) is 0 Å². The molecule has 0 aliphatic heterocycles. The Bertz CT molecular complexity index is 569. The Morgan fingerprint density at radius 3 is 2.45 bits per heavy atom. The van der Waals surface area contributed by atoms with Crippen molar-refractivity contribution >= 4 is 5.91 Å². The predicted octanol–water partition coefficient (Wildman–Crippen LogP) is 1.97. The van der Waals surface area contributed by atoms with Gasteiger partial charge in [-0.05, 0) is 11.6 Å². The molecule has 0 saturated carbocycles. The summed E-state index contributed by atoms with van der Waals surface area (Å²) in [6, 6.07) is 17.4. The van der Waals surface area contributed by atoms with Crippen LogP contribution in [0.1, 0.15) is 6.42 Å². The van der Waals surface area contributed by atoms with Gasteiger partial charge in [-0.2, -0.15) is 0 Å². The standard InChI is InChI=1S/C16H17NO3/c17-16(19)10-13(18)11-20-15-9-5-4-8-14(15)12-6-2-1-3-7-12/h1-9,13,18H,10-11H2,(H2,17,19)/t13-/m1/s1. The highest BCUT2D eigenvalue weighted by Crippen LogP contribution is 2.29. The topological polar surface area (TPSA) is 72.6 Å². The average Bonchev–Trinajstić information content (AvgIpc) is 2.46. The molecule has 0 aliphatic carbocycles. The minimum Gasteiger partial charge on any atom is -0.490 e. The van der Waals surface area contributed by atoms with Crippen molar-refractivity contribution in [1.29, 1.82) is 0 Å². The summed E-state index contributed by atoms with van der Waals surface area (Å²) in [6.45, 7) is 0.0345. The first-order valence-electron chi connectivity index (χ1n) is 6.40. The largest absolute Gasteiger partial charge is 0.490 e. The molecule has 0 spiro atoms. The van der Waals surface area contributed by atoms with Crippen molar-refractivity contribution in [2.24, 2.45) is 5.73 Å². The predicted molar refractivity (Wildman–Crippen MR) is 77.2 cm³/mol. The number of ether oxygens (including phenoxy) is 1. The fourth-order valence-electron chi connectivity index (χ4n) is 1.93. The van der Waals surface area contributed by atoms with Gasteiger partial charge in [0, 0.05) is 5.56 Å². The Balaban J connectivity index is 2.11. The number of rotatable bonds is 6. The molecule has 3 N–H and O–H groups in total. The van der Waals surface area contributed by atoms with Crippen molar-refractivity contribution in [1.82, 2.24) is 0 Å². The van der Waals surface area contributed by atoms with E-state index in [0.717, 1.165) is 11.1 Å². The van der Waals surface area contributed by atoms with Gasteiger partial charge in [0.1, 0.15) is 12.4 Å². The molecule has 4 heteroatoms. The molecule has 0 saturated heterocycles. The lowest BCUT2D eigenvalue weighted by molar-refractivity contribution is -0.120. The van der Waals surface area contributed by atoms with Crippen LogP contribution in [0.25, 0.3) is 11.1 Å². The second-order valence-corrected chi connectivity index (χ2v) is 4.50. The minimum absolute atomic E-state index is 0.0345. The highest BCUT2D eigenvalue weighted by molar-refractivity contribution is 5.74. The van der Waals surface area contributed by atoms with Gasteiger partial charge >= 0.3 is 0 Å². The number of hydrogen-bond acceptors (Lipinski definition) is 3. The van der Waals surface area contributed by atoms with Crippen molar-refractivity contribution in [2.75, 3.05) is 6.61 Å². The first kappa shape index (κ1) is 14.1. The first-order chi connectivity index (χ1) is 9.66. The number of hydrogen-bond donors (Lipinski definition) is 2. The van der Waals surface area contributed by atoms with Crippen LogP contribution in [-0.4, -0.2) is 23.7 Å². The third kappa shape index (κ3) is 3.83. The molecule has 0 radical (unpaired) electrons. The summed E-state index contributed by atoms with van der Waals surface area (Å²) in [5, 5.41) is 9.62. The van der Waals surface area contributed by atoms with Crippen molar-refractivity contribution in [3.05, 3.63) is 54.6 Å². The number of aliphatic hydroxyl groups is 1. The Morgan fingerprint density at radius 2 is 1.75 bits per heavy atom. The second kappa shape index (κ2) is 6.73. The van der Waals surface area contributed by atoms with Crippen LogP contribution in [0.15, 0.2) is 54.6 Å². The summed E-state index contributed by atoms with van der Waals surface area (Å²) in [6.07, 6.45) is -0.996. The molecule has 1 amide bonds. The van der Waals surface area contributed by atoms with Crippen LogP contribution in [0.3, 0.4) is 0 Å². The van der Waals surface area contributed by atoms with E-state index in [4.69, 9.17) is 10.5 Å². The van der Waals surface area contributed by atoms with Crippen molar-refractivity contribution in [3.8, 4) is 16.9 Å². The van der Waals surface area contributed by atoms with Crippen molar-refractivity contribution in [2.45, 2.75) is 12.5 Å². The Hall–Kier alpha value is -2.33. The van der Waals surface area contributed by atoms with Gasteiger partial charge in [-0.1, -0.05) is 48.5 Å². The summed E-state index contributed by atoms with van der Waals surface area (Å²) in [5.41, 5.74) is 7.01. The molecule has 0 aromatic heterocycles. The first-order valence-corrected chi connectivity index (χ1v) is 6.40. The van der Waals surface area contributed by atoms with Crippen molar-refractivity contribution < 1.29 is 14.6 Å². The lowest BCUT2D eigenvalue weighted by atomic mass is 10.1. The van der Waals surface area contributed by atoms with Gasteiger partial charge in [-0.25, -0.2) is 0 Å². The molecule has 104 valence electrons. The fraction of sp³-hybridized carbons (Fsp3) is 0.188. The van der Waals surface area contributed by atoms with Gasteiger partial charge in [0.2, 0.25) is 5.91 Å². The zero-order valence-electron chi connectivity index (χ0n) is 11.0. The quantitative estimate of drug-likeness (QED) is 0.843. The van der Waals surface area contributed by atoms with E-state index in [0.29, 0.717) is 5.75 Å². The molecule has 0 fully saturated rings. The highest BCUT2D eigenvalue weighted by Gasteiger charge is 2.11. The van der Waals surface area contributed by atoms with Crippen LogP contribution < -0.4 is 10.5 Å². The number of nitrogens with two attached hydrogens (primary N) is 1. The summed E-state index contributed by atoms with van der Waals surface area (Å²) in [4.78, 5) is 10.7. The molecule has 2 aromatic carbocycles. The molecule has 0 aliphatic rings. The van der Waals surface area contributed by atoms with Crippen molar-refractivity contribution in [3.63, 3.8) is 0 Å². The maximum Gasteiger partial charge on any atom is 0.220 e. The third-order valence-electron chi connectivity index (χ3n) is 2.84. The van der Waals surface area contributed by atoms with Gasteiger partial charge in [0.15, 0.2) is 0 Å². The lowest BCUT2D eigenvalue weighted by Gasteiger charge is -2.14. The number of benzene rings is 2. The van der Waals surface area contributed by atoms with E-state index >= 15 is 0 Å². The minimum atomic E-state index is -0.892. The SMILES string of the molecule is NC(=O)C[C@@H](O)COc1ccccc1-c1ccccc1. The number of aliphatic hydroxyl groups excluding tert-OH is 1. The van der Waals surface area contributed by atoms with E-state index in [1.807, 2.05) is 54.6 Å². The number of amides is 1. The molecule has 2 rings (SSSR count). The maximum atomic E-state index is 10.7. The van der Waals surface area contributed by atoms with Gasteiger partial charge in [0.25, 0.3) is 0 Å². The smallest absolute Gasteiger partial charge is 0.220 e. The molecule has 0 bridgehead atoms. The Labute approximate surface area is 117 Å². The molecular weight excluding hydrogens is 254 g/mol. The van der Waals surface area contributed by atoms with E-state index < -0.39 is 12.0 Å². The highest BCUT2D eigenvalue weighted by atomic mass is 16.5. The number of primary amides is 1. The van der Waals surface area contributed by atoms with Crippen LogP contribution >= 0.6 is 0 Å². The second-order valence-electron chi connectivity index (χ2n) is 4.50. The van der Waals surface area contributed by atoms with Crippen LogP contribution in [0.5, 0.6) is 5.75 Å². The monoisotopic (exact) mass is 271 g/mol. The Kier molecular flexibility index (Phi) is 4.74. The van der Waals surface area contributed by atoms with Gasteiger partial charge in [0.05, 0.1) is 12.5 Å². The van der Waals surface area contributed by atoms with Gasteiger partial charge in [-0.15, -0.1) is 0 Å². The van der Waals surface area contributed by atoms with Crippen LogP contribution in [0, 0.1) is 0 Å². The zero-order chi connectivity index (χ0) is 14.4. The summed E-state index contributed by atoms with van der Waals surface area (Å²) < 4.78 is 5.60. The number of carbonyl (C=O) groups excluding carboxylic acids is 1. The maximum absolute atomic E-state index is 10.7. The van der Waals surface area contributed by atoms with Crippen LogP contribution in [0.4, 0.5) is 0 Å². The third-order valence-corrected chi connectivity index (χ3v) is 2.84. The van der Waals surface area contributed by atoms with Gasteiger partial charge in [-0.3, -0.25) is 4.79 Å². The molecule has 2 aromatic rings. The molecule has 1 atom stereocenters. The van der Waals surface area contributed by atoms with E-state index in [9.17, 15) is 9.90 Å². The van der Waals surface area contributed by atoms with Crippen LogP contribution in [-0.2, 0) is 4.79 Å². The summed E-state index contributed by atoms with van der Waals surface area (Å²) >= 11 is 0. The van der Waals surface area contributed by atoms with E-state index in [1.54, 1.807) is 0 Å². The molecule has 0 heterocycles. The van der Waals surface area contributed by atoms with E-state index in [-0.39, 0.29) is 13.0 Å². The normalized spacial score (nSPS) is 11.8. The Morgan fingerprint density at radius 1 is 1.10 bits per heavy atom. The summed E-state index contributed by atoms with van der Waals surface area (Å²) in [7, 11) is 0. The fourth-order valence-corrected chi connectivity index (χ4v) is 1.93. The van der Waals surface area contributed by atoms with Crippen LogP contribution in [0.2, 0.25) is 0 Å². The van der Waals surface area contributed by atoms with Gasteiger partial charge < -0.3 is 15.6 Å². The average molecular weight is 271 g/mol. The number of para-hydroxylation sites is 1. The number of carbonyl (C=O) groups is 1. The molecule has 0 unspecified atom stereocenters. The van der Waals surface area contributed by atoms with E-state index in [2.05, 4.69) is 0 Å². The lowest BCUT2D eigenvalue weighted by Crippen LogP contribution is -2.25. The summed E-state index contributed by atoms with van der Waals surface area (Å²) in [5.74, 6) is 0.125. The molecule has 4 nitrogen and oxygen atoms in total. The molecule has 20 heavy (non-hydrogen) atoms.